The van der Waals surface area contributed by atoms with Gasteiger partial charge in [0.05, 0.1) is 6.61 Å². The zero-order chi connectivity index (χ0) is 19.8. The van der Waals surface area contributed by atoms with Crippen LogP contribution in [0.15, 0.2) is 46.1 Å². The molecule has 1 aliphatic heterocycles. The zero-order valence-corrected chi connectivity index (χ0v) is 14.4. The molecule has 1 aliphatic rings. The Morgan fingerprint density at radius 1 is 1.33 bits per heavy atom. The van der Waals surface area contributed by atoms with E-state index < -0.39 is 46.8 Å². The zero-order valence-electron chi connectivity index (χ0n) is 14.4. The van der Waals surface area contributed by atoms with Gasteiger partial charge in [-0.15, -0.1) is 0 Å². The predicted molar refractivity (Wildman–Crippen MR) is 92.9 cm³/mol. The summed E-state index contributed by atoms with van der Waals surface area (Å²) in [4.78, 5) is 37.4. The topological polar surface area (TPSA) is 148 Å². The van der Waals surface area contributed by atoms with Crippen molar-refractivity contribution in [3.8, 4) is 0 Å². The summed E-state index contributed by atoms with van der Waals surface area (Å²) in [5.74, 6) is 0. The Morgan fingerprint density at radius 2 is 2.00 bits per heavy atom. The summed E-state index contributed by atoms with van der Waals surface area (Å²) in [5.41, 5.74) is -2.69. The van der Waals surface area contributed by atoms with Crippen molar-refractivity contribution in [3.63, 3.8) is 0 Å². The molecule has 0 spiro atoms. The molecule has 1 fully saturated rings. The van der Waals surface area contributed by atoms with E-state index in [0.717, 1.165) is 4.57 Å². The average Bonchev–Trinajstić information content (AvgIpc) is 2.91. The molecule has 0 bridgehead atoms. The van der Waals surface area contributed by atoms with Gasteiger partial charge in [0.25, 0.3) is 11.6 Å². The lowest BCUT2D eigenvalue weighted by molar-refractivity contribution is -0.553. The van der Waals surface area contributed by atoms with Crippen molar-refractivity contribution < 1.29 is 19.9 Å². The van der Waals surface area contributed by atoms with Gasteiger partial charge in [-0.2, -0.15) is 0 Å². The molecule has 1 aromatic heterocycles. The van der Waals surface area contributed by atoms with Gasteiger partial charge in [0, 0.05) is 23.1 Å². The van der Waals surface area contributed by atoms with Gasteiger partial charge < -0.3 is 14.9 Å². The minimum absolute atomic E-state index is 0.127. The summed E-state index contributed by atoms with van der Waals surface area (Å²) in [5, 5.41) is 31.7. The number of nitro groups is 1. The van der Waals surface area contributed by atoms with E-state index in [9.17, 15) is 29.9 Å². The van der Waals surface area contributed by atoms with E-state index in [1.54, 1.807) is 30.3 Å². The van der Waals surface area contributed by atoms with Crippen LogP contribution in [0.1, 0.15) is 11.1 Å². The maximum absolute atomic E-state index is 12.5. The van der Waals surface area contributed by atoms with E-state index in [4.69, 9.17) is 4.74 Å². The van der Waals surface area contributed by atoms with Crippen LogP contribution in [0.4, 0.5) is 0 Å². The normalized spacial score (nSPS) is 27.6. The third-order valence-electron chi connectivity index (χ3n) is 4.76. The second-order valence-corrected chi connectivity index (χ2v) is 6.51. The molecule has 3 N–H and O–H groups in total. The van der Waals surface area contributed by atoms with Crippen molar-refractivity contribution in [3.05, 3.63) is 78.6 Å². The minimum atomic E-state index is -1.93. The quantitative estimate of drug-likeness (QED) is 0.453. The Morgan fingerprint density at radius 3 is 2.59 bits per heavy atom. The average molecular weight is 377 g/mol. The number of hydrogen-bond donors (Lipinski definition) is 3. The van der Waals surface area contributed by atoms with Crippen LogP contribution in [0.5, 0.6) is 0 Å². The Kier molecular flexibility index (Phi) is 4.96. The molecule has 4 atom stereocenters. The van der Waals surface area contributed by atoms with Gasteiger partial charge in [0.2, 0.25) is 5.72 Å². The summed E-state index contributed by atoms with van der Waals surface area (Å²) in [6, 6.07) is 6.87. The lowest BCUT2D eigenvalue weighted by Crippen LogP contribution is -2.56. The molecule has 27 heavy (non-hydrogen) atoms. The number of ether oxygens (including phenoxy) is 1. The largest absolute Gasteiger partial charge is 0.394 e. The first-order chi connectivity index (χ1) is 12.8. The van der Waals surface area contributed by atoms with Crippen molar-refractivity contribution in [2.75, 3.05) is 6.61 Å². The van der Waals surface area contributed by atoms with Crippen molar-refractivity contribution >= 4 is 0 Å². The van der Waals surface area contributed by atoms with Gasteiger partial charge in [-0.1, -0.05) is 30.3 Å². The first-order valence-corrected chi connectivity index (χ1v) is 8.27. The van der Waals surface area contributed by atoms with Crippen LogP contribution in [0.2, 0.25) is 0 Å². The molecular weight excluding hydrogens is 358 g/mol. The lowest BCUT2D eigenvalue weighted by Gasteiger charge is -2.32. The number of nitrogens with zero attached hydrogens (tertiary/aromatic N) is 2. The van der Waals surface area contributed by atoms with Crippen LogP contribution in [0.3, 0.4) is 0 Å². The fourth-order valence-corrected chi connectivity index (χ4v) is 3.47. The molecular formula is C17H19N3O7. The number of aliphatic hydroxyl groups excluding tert-OH is 2. The Hall–Kier alpha value is -2.82. The Balaban J connectivity index is 2.27. The SMILES string of the molecule is Cc1cn([C@]2(Cc3ccccc3)O[C@H](CO)[C@@H](O)C2[N+](=O)[O-])c(=O)[nH]c1=O. The lowest BCUT2D eigenvalue weighted by atomic mass is 9.93. The molecule has 0 amide bonds. The van der Waals surface area contributed by atoms with E-state index in [2.05, 4.69) is 4.98 Å². The van der Waals surface area contributed by atoms with E-state index >= 15 is 0 Å². The number of aryl methyl sites for hydroxylation is 1. The summed E-state index contributed by atoms with van der Waals surface area (Å²) in [6.45, 7) is 0.778. The van der Waals surface area contributed by atoms with Crippen molar-refractivity contribution in [2.24, 2.45) is 0 Å². The number of aromatic nitrogens is 2. The van der Waals surface area contributed by atoms with Gasteiger partial charge >= 0.3 is 5.69 Å². The van der Waals surface area contributed by atoms with Gasteiger partial charge in [-0.25, -0.2) is 4.79 Å². The van der Waals surface area contributed by atoms with Crippen molar-refractivity contribution in [1.29, 1.82) is 0 Å². The highest BCUT2D eigenvalue weighted by atomic mass is 16.6. The first kappa shape index (κ1) is 19.0. The maximum atomic E-state index is 12.5. The van der Waals surface area contributed by atoms with Gasteiger partial charge in [-0.05, 0) is 12.5 Å². The molecule has 2 aromatic rings. The molecule has 1 saturated heterocycles. The highest BCUT2D eigenvalue weighted by Crippen LogP contribution is 2.39. The predicted octanol–water partition coefficient (Wildman–Crippen LogP) is -0.862. The Labute approximate surface area is 152 Å². The van der Waals surface area contributed by atoms with Crippen molar-refractivity contribution in [1.82, 2.24) is 9.55 Å². The van der Waals surface area contributed by atoms with Crippen LogP contribution in [-0.2, 0) is 16.9 Å². The second-order valence-electron chi connectivity index (χ2n) is 6.51. The molecule has 1 unspecified atom stereocenters. The highest BCUT2D eigenvalue weighted by Gasteiger charge is 2.63. The third kappa shape index (κ3) is 3.18. The van der Waals surface area contributed by atoms with E-state index in [-0.39, 0.29) is 12.0 Å². The molecule has 1 aromatic carbocycles. The van der Waals surface area contributed by atoms with Crippen LogP contribution in [0, 0.1) is 17.0 Å². The molecule has 144 valence electrons. The minimum Gasteiger partial charge on any atom is -0.394 e. The van der Waals surface area contributed by atoms with Crippen LogP contribution >= 0.6 is 0 Å². The molecule has 0 aliphatic carbocycles. The van der Waals surface area contributed by atoms with Crippen LogP contribution in [0.25, 0.3) is 0 Å². The monoisotopic (exact) mass is 377 g/mol. The number of rotatable bonds is 5. The summed E-state index contributed by atoms with van der Waals surface area (Å²) >= 11 is 0. The molecule has 2 heterocycles. The molecule has 0 radical (unpaired) electrons. The van der Waals surface area contributed by atoms with Crippen LogP contribution in [-0.4, -0.2) is 49.5 Å². The summed E-state index contributed by atoms with van der Waals surface area (Å²) < 4.78 is 6.68. The van der Waals surface area contributed by atoms with E-state index in [1.165, 1.54) is 13.1 Å². The molecule has 0 saturated carbocycles. The molecule has 10 heteroatoms. The number of aromatic amines is 1. The van der Waals surface area contributed by atoms with Gasteiger partial charge in [0.15, 0.2) is 6.10 Å². The number of nitrogens with one attached hydrogen (secondary N) is 1. The standard InChI is InChI=1S/C17H19N3O7/c1-10-8-19(16(24)18-15(10)23)17(7-11-5-3-2-4-6-11)14(20(25)26)13(22)12(9-21)27-17/h2-6,8,12-14,21-22H,7,9H2,1H3,(H,18,23,24)/t12-,13-,14?,17-/m1/s1. The first-order valence-electron chi connectivity index (χ1n) is 8.27. The smallest absolute Gasteiger partial charge is 0.330 e. The Bertz CT molecular complexity index is 955. The van der Waals surface area contributed by atoms with Gasteiger partial charge in [0.1, 0.15) is 6.10 Å². The number of hydrogen-bond acceptors (Lipinski definition) is 7. The molecule has 3 rings (SSSR count). The van der Waals surface area contributed by atoms with Gasteiger partial charge in [-0.3, -0.25) is 24.5 Å². The van der Waals surface area contributed by atoms with Crippen LogP contribution < -0.4 is 11.2 Å². The van der Waals surface area contributed by atoms with E-state index in [0.29, 0.717) is 5.56 Å². The fraction of sp³-hybridized carbons (Fsp3) is 0.412. The number of benzene rings is 1. The fourth-order valence-electron chi connectivity index (χ4n) is 3.47. The highest BCUT2D eigenvalue weighted by molar-refractivity contribution is 5.19. The number of H-pyrrole nitrogens is 1. The molecule has 10 nitrogen and oxygen atoms in total. The second kappa shape index (κ2) is 7.06. The van der Waals surface area contributed by atoms with E-state index in [1.807, 2.05) is 0 Å². The summed E-state index contributed by atoms with van der Waals surface area (Å²) in [7, 11) is 0. The summed E-state index contributed by atoms with van der Waals surface area (Å²) in [6.07, 6.45) is -1.86. The third-order valence-corrected chi connectivity index (χ3v) is 4.76. The maximum Gasteiger partial charge on any atom is 0.330 e. The van der Waals surface area contributed by atoms with Crippen molar-refractivity contribution in [2.45, 2.75) is 37.3 Å². The number of aliphatic hydroxyl groups is 2.